The first-order chi connectivity index (χ1) is 34.1. The summed E-state index contributed by atoms with van der Waals surface area (Å²) in [5.41, 5.74) is -4.40. The van der Waals surface area contributed by atoms with E-state index in [9.17, 15) is 50.8 Å². The molecule has 4 aliphatic heterocycles. The Bertz CT molecular complexity index is 2950. The predicted molar refractivity (Wildman–Crippen MR) is 255 cm³/mol. The highest BCUT2D eigenvalue weighted by Gasteiger charge is 2.71. The van der Waals surface area contributed by atoms with Crippen LogP contribution < -0.4 is 18.9 Å². The van der Waals surface area contributed by atoms with Gasteiger partial charge in [0.05, 0.1) is 30.5 Å². The number of aliphatic carboxylic acids is 1. The van der Waals surface area contributed by atoms with Crippen LogP contribution in [0.25, 0.3) is 5.76 Å². The number of phenolic OH excluding ortho intramolecular Hbond substituents is 2. The Hall–Kier alpha value is -7.39. The van der Waals surface area contributed by atoms with Crippen LogP contribution in [0.15, 0.2) is 130 Å². The molecular weight excluding hydrogens is 921 g/mol. The number of ether oxygens (including phenoxy) is 5. The summed E-state index contributed by atoms with van der Waals surface area (Å²) < 4.78 is 31.7. The molecule has 0 amide bonds. The molecule has 0 radical (unpaired) electrons. The van der Waals surface area contributed by atoms with E-state index in [4.69, 9.17) is 29.1 Å². The Labute approximate surface area is 405 Å². The van der Waals surface area contributed by atoms with Crippen LogP contribution in [0, 0.1) is 11.3 Å². The molecule has 0 spiro atoms. The number of hydrogen-bond acceptors (Lipinski definition) is 17. The molecule has 10 N–H and O–H groups in total. The van der Waals surface area contributed by atoms with Gasteiger partial charge in [-0.25, -0.2) is 14.8 Å². The van der Waals surface area contributed by atoms with Gasteiger partial charge in [-0.05, 0) is 91.3 Å². The summed E-state index contributed by atoms with van der Waals surface area (Å²) in [6, 6.07) is 23.0. The minimum atomic E-state index is -2.73. The molecule has 0 aromatic heterocycles. The van der Waals surface area contributed by atoms with E-state index >= 15 is 0 Å². The fraction of sp³-hybridized carbons (Fsp3) is 0.327. The first kappa shape index (κ1) is 47.3. The predicted octanol–water partition coefficient (Wildman–Crippen LogP) is 4.36. The van der Waals surface area contributed by atoms with Crippen LogP contribution in [0.1, 0.15) is 54.0 Å². The summed E-state index contributed by atoms with van der Waals surface area (Å²) in [4.78, 5) is 25.7. The number of nitrogens with zero attached hydrogens (tertiary/aromatic N) is 3. The highest BCUT2D eigenvalue weighted by Crippen LogP contribution is 2.56. The third-order valence-electron chi connectivity index (χ3n) is 13.9. The van der Waals surface area contributed by atoms with Gasteiger partial charge in [-0.15, -0.1) is 0 Å². The number of aliphatic imine (C=N–C) groups is 3. The Balaban J connectivity index is 1.05. The number of fused-ring (bicyclic) bond motifs is 3. The van der Waals surface area contributed by atoms with Gasteiger partial charge in [0.15, 0.2) is 29.3 Å². The van der Waals surface area contributed by atoms with Gasteiger partial charge in [-0.2, -0.15) is 0 Å². The number of aliphatic hydroxyl groups is 6. The highest BCUT2D eigenvalue weighted by atomic mass is 16.7. The summed E-state index contributed by atoms with van der Waals surface area (Å²) in [5.74, 6) is -4.89. The smallest absolute Gasteiger partial charge is 0.336 e. The normalized spacial score (nSPS) is 27.9. The van der Waals surface area contributed by atoms with Crippen LogP contribution in [0.3, 0.4) is 0 Å². The Morgan fingerprint density at radius 2 is 1.72 bits per heavy atom. The van der Waals surface area contributed by atoms with E-state index in [1.54, 1.807) is 60.7 Å². The van der Waals surface area contributed by atoms with Gasteiger partial charge in [0.1, 0.15) is 70.3 Å². The largest absolute Gasteiger partial charge is 0.508 e. The van der Waals surface area contributed by atoms with Crippen molar-refractivity contribution in [3.05, 3.63) is 137 Å². The number of amidine groups is 1. The quantitative estimate of drug-likeness (QED) is 0.0741. The minimum Gasteiger partial charge on any atom is -0.508 e. The van der Waals surface area contributed by atoms with Gasteiger partial charge in [-0.3, -0.25) is 10.4 Å². The number of aromatic hydroxyl groups is 2. The van der Waals surface area contributed by atoms with Gasteiger partial charge in [0, 0.05) is 12.1 Å². The van der Waals surface area contributed by atoms with Crippen molar-refractivity contribution in [3.8, 4) is 34.5 Å². The molecule has 19 nitrogen and oxygen atoms in total. The highest BCUT2D eigenvalue weighted by molar-refractivity contribution is 6.16. The molecule has 9 unspecified atom stereocenters. The van der Waals surface area contributed by atoms with Gasteiger partial charge in [-0.1, -0.05) is 60.2 Å². The number of carboxylic acids is 1. The van der Waals surface area contributed by atoms with Crippen molar-refractivity contribution in [2.45, 2.75) is 85.7 Å². The summed E-state index contributed by atoms with van der Waals surface area (Å²) in [7, 11) is 0. The number of rotatable bonds is 15. The van der Waals surface area contributed by atoms with Crippen LogP contribution >= 0.6 is 0 Å². The maximum absolute atomic E-state index is 13.3. The average molecular weight is 971 g/mol. The molecule has 1 saturated heterocycles. The van der Waals surface area contributed by atoms with Crippen LogP contribution in [-0.4, -0.2) is 131 Å². The lowest BCUT2D eigenvalue weighted by Gasteiger charge is -2.57. The molecule has 4 aromatic carbocycles. The van der Waals surface area contributed by atoms with Gasteiger partial charge < -0.3 is 69.6 Å². The van der Waals surface area contributed by atoms with E-state index in [-0.39, 0.29) is 64.5 Å². The fourth-order valence-electron chi connectivity index (χ4n) is 10.5. The number of aliphatic hydroxyl groups excluding tert-OH is 4. The van der Waals surface area contributed by atoms with Crippen LogP contribution in [0.5, 0.6) is 34.5 Å². The first-order valence-electron chi connectivity index (χ1n) is 23.0. The number of hydrogen-bond donors (Lipinski definition) is 10. The standard InChI is InChI=1S/C52H50N4O15/c53-40-16-15-33(56-40)43(60)39(25-57)67-32-13-11-28(12-14-32)36-21-35(59)41-37(68-36)22-38(45(44(41)61)71-50(17-4-5-18-50)30-9-6-10-31(58)20-30)69-49-51(65)23-29(19-27-7-2-1-3-8-27)42(34-24-54-26-55-34)52(66,48(51)64)46(70-49)47(62)63/h1-3,6-16,20-23,26,36,39,42-43,46,48-49,53,57-61,64-66H,4-5,17-19,24-25H2,(H,62,63). The van der Waals surface area contributed by atoms with Crippen LogP contribution in [0.4, 0.5) is 0 Å². The molecule has 2 fully saturated rings. The molecular formula is C52H50N4O15. The van der Waals surface area contributed by atoms with Crippen LogP contribution in [0.2, 0.25) is 0 Å². The number of nitrogens with one attached hydrogen (secondary N) is 1. The lowest BCUT2D eigenvalue weighted by atomic mass is 9.60. The molecule has 2 bridgehead atoms. The van der Waals surface area contributed by atoms with Crippen molar-refractivity contribution in [2.24, 2.45) is 20.9 Å². The molecule has 2 aliphatic carbocycles. The molecule has 10 rings (SSSR count). The van der Waals surface area contributed by atoms with E-state index in [1.807, 2.05) is 6.07 Å². The Morgan fingerprint density at radius 3 is 2.38 bits per heavy atom. The van der Waals surface area contributed by atoms with Crippen molar-refractivity contribution in [1.29, 1.82) is 5.41 Å². The van der Waals surface area contributed by atoms with Crippen molar-refractivity contribution in [1.82, 2.24) is 0 Å². The van der Waals surface area contributed by atoms with E-state index in [1.165, 1.54) is 48.8 Å². The third-order valence-corrected chi connectivity index (χ3v) is 13.9. The zero-order chi connectivity index (χ0) is 49.8. The molecule has 6 aliphatic rings. The molecule has 4 heterocycles. The second-order valence-corrected chi connectivity index (χ2v) is 18.4. The van der Waals surface area contributed by atoms with Gasteiger partial charge in [0.2, 0.25) is 12.0 Å². The van der Waals surface area contributed by atoms with Crippen molar-refractivity contribution >= 4 is 35.3 Å². The second kappa shape index (κ2) is 18.4. The lowest BCUT2D eigenvalue weighted by molar-refractivity contribution is -0.338. The summed E-state index contributed by atoms with van der Waals surface area (Å²) >= 11 is 0. The van der Waals surface area contributed by atoms with E-state index in [0.717, 1.165) is 5.56 Å². The maximum Gasteiger partial charge on any atom is 0.336 e. The van der Waals surface area contributed by atoms with Crippen molar-refractivity contribution < 1.29 is 74.4 Å². The Morgan fingerprint density at radius 1 is 0.958 bits per heavy atom. The van der Waals surface area contributed by atoms with Crippen molar-refractivity contribution in [3.63, 3.8) is 0 Å². The van der Waals surface area contributed by atoms with E-state index in [2.05, 4.69) is 15.0 Å². The molecule has 9 atom stereocenters. The molecule has 368 valence electrons. The topological polar surface area (TPSA) is 306 Å². The SMILES string of the molecule is N=C1C=CC(C(O)C(CO)Oc2ccc(C3C=C(O)c4c(cc(OC5OC(C(=O)O)C6(O)C(C7=NC=NC7)C(Cc7ccccc7)=CC5(O)C6O)c(OC5(c6cccc(O)c6)CCCC5)c4O)O3)cc2)=N1. The zero-order valence-corrected chi connectivity index (χ0v) is 37.8. The number of phenols is 2. The third kappa shape index (κ3) is 8.39. The fourth-order valence-corrected chi connectivity index (χ4v) is 10.5. The van der Waals surface area contributed by atoms with Gasteiger partial charge >= 0.3 is 5.97 Å². The lowest BCUT2D eigenvalue weighted by Crippen LogP contribution is -2.79. The molecule has 4 aromatic rings. The van der Waals surface area contributed by atoms with Crippen molar-refractivity contribution in [2.75, 3.05) is 13.2 Å². The van der Waals surface area contributed by atoms with Gasteiger partial charge in [0.25, 0.3) is 0 Å². The summed E-state index contributed by atoms with van der Waals surface area (Å²) in [5, 5.41) is 112. The first-order valence-corrected chi connectivity index (χ1v) is 23.0. The Kier molecular flexibility index (Phi) is 12.3. The maximum atomic E-state index is 13.3. The molecule has 1 saturated carbocycles. The van der Waals surface area contributed by atoms with Crippen LogP contribution in [-0.2, 0) is 21.6 Å². The minimum absolute atomic E-state index is 0.0247. The zero-order valence-electron chi connectivity index (χ0n) is 37.8. The molecule has 19 heteroatoms. The van der Waals surface area contributed by atoms with E-state index < -0.39 is 83.6 Å². The number of carboxylic acid groups (broad SMARTS) is 1. The number of carbonyl (C=O) groups is 1. The van der Waals surface area contributed by atoms with E-state index in [0.29, 0.717) is 42.4 Å². The monoisotopic (exact) mass is 970 g/mol. The summed E-state index contributed by atoms with van der Waals surface area (Å²) in [6.45, 7) is -0.600. The average Bonchev–Trinajstić information content (AvgIpc) is 4.16. The summed E-state index contributed by atoms with van der Waals surface area (Å²) in [6.07, 6.45) is -1.20. The number of benzene rings is 4. The molecule has 71 heavy (non-hydrogen) atoms. The second-order valence-electron chi connectivity index (χ2n) is 18.4.